The van der Waals surface area contributed by atoms with E-state index in [0.29, 0.717) is 35.7 Å². The Morgan fingerprint density at radius 1 is 1.32 bits per heavy atom. The van der Waals surface area contributed by atoms with E-state index < -0.39 is 10.2 Å². The molecular weight excluding hydrogens is 422 g/mol. The topological polar surface area (TPSA) is 147 Å². The number of H-pyrrole nitrogens is 1. The molecule has 1 unspecified atom stereocenters. The lowest BCUT2D eigenvalue weighted by Crippen LogP contribution is -2.42. The van der Waals surface area contributed by atoms with Gasteiger partial charge in [0.25, 0.3) is 5.91 Å². The van der Waals surface area contributed by atoms with Crippen molar-refractivity contribution in [2.75, 3.05) is 17.8 Å². The first kappa shape index (κ1) is 19.6. The van der Waals surface area contributed by atoms with Gasteiger partial charge in [0.2, 0.25) is 5.56 Å². The largest absolute Gasteiger partial charge is 0.489 e. The number of aromatic amines is 1. The first-order valence-electron chi connectivity index (χ1n) is 9.93. The van der Waals surface area contributed by atoms with Gasteiger partial charge in [0.05, 0.1) is 11.3 Å². The molecule has 3 heterocycles. The molecule has 3 aliphatic rings. The predicted molar refractivity (Wildman–Crippen MR) is 113 cm³/mol. The third kappa shape index (κ3) is 3.54. The highest BCUT2D eigenvalue weighted by Gasteiger charge is 2.58. The number of hydrogen-bond donors (Lipinski definition) is 3. The number of anilines is 1. The second-order valence-corrected chi connectivity index (χ2v) is 9.51. The summed E-state index contributed by atoms with van der Waals surface area (Å²) in [4.78, 5) is 28.7. The zero-order chi connectivity index (χ0) is 21.8. The first-order valence-corrected chi connectivity index (χ1v) is 11.4. The van der Waals surface area contributed by atoms with Gasteiger partial charge >= 0.3 is 10.2 Å². The number of amidine groups is 1. The molecule has 5 rings (SSSR count). The number of pyridine rings is 1. The lowest BCUT2D eigenvalue weighted by atomic mass is 9.94. The van der Waals surface area contributed by atoms with Gasteiger partial charge < -0.3 is 20.4 Å². The van der Waals surface area contributed by atoms with Crippen molar-refractivity contribution in [1.82, 2.24) is 9.88 Å². The second-order valence-electron chi connectivity index (χ2n) is 8.18. The van der Waals surface area contributed by atoms with Crippen molar-refractivity contribution >= 4 is 27.6 Å². The number of likely N-dealkylation sites (tertiary alicyclic amines) is 1. The van der Waals surface area contributed by atoms with E-state index in [1.54, 1.807) is 29.2 Å². The smallest absolute Gasteiger partial charge is 0.344 e. The quantitative estimate of drug-likeness (QED) is 0.640. The molecule has 2 atom stereocenters. The van der Waals surface area contributed by atoms with Gasteiger partial charge in [-0.1, -0.05) is 6.07 Å². The number of carbonyl (C=O) groups is 1. The highest BCUT2D eigenvalue weighted by Crippen LogP contribution is 2.54. The summed E-state index contributed by atoms with van der Waals surface area (Å²) in [6, 6.07) is 7.94. The summed E-state index contributed by atoms with van der Waals surface area (Å²) in [6.45, 7) is 1.16. The van der Waals surface area contributed by atoms with Crippen LogP contribution in [0.4, 0.5) is 5.69 Å². The molecule has 1 aliphatic carbocycles. The van der Waals surface area contributed by atoms with E-state index in [2.05, 4.69) is 14.1 Å². The molecule has 1 spiro atoms. The summed E-state index contributed by atoms with van der Waals surface area (Å²) < 4.78 is 35.6. The number of benzene rings is 1. The van der Waals surface area contributed by atoms with Crippen LogP contribution in [-0.4, -0.2) is 49.2 Å². The van der Waals surface area contributed by atoms with E-state index in [0.717, 1.165) is 19.3 Å². The Morgan fingerprint density at radius 3 is 2.97 bits per heavy atom. The van der Waals surface area contributed by atoms with Gasteiger partial charge in [-0.25, -0.2) is 0 Å². The zero-order valence-corrected chi connectivity index (χ0v) is 17.3. The van der Waals surface area contributed by atoms with Crippen LogP contribution >= 0.6 is 0 Å². The molecule has 2 fully saturated rings. The Morgan fingerprint density at radius 2 is 2.16 bits per heavy atom. The van der Waals surface area contributed by atoms with Crippen molar-refractivity contribution in [3.8, 4) is 5.75 Å². The second kappa shape index (κ2) is 6.84. The first-order chi connectivity index (χ1) is 14.8. The minimum absolute atomic E-state index is 0.117. The molecule has 31 heavy (non-hydrogen) atoms. The highest BCUT2D eigenvalue weighted by atomic mass is 32.2. The lowest BCUT2D eigenvalue weighted by molar-refractivity contribution is 0.0613. The maximum absolute atomic E-state index is 12.9. The van der Waals surface area contributed by atoms with Gasteiger partial charge in [-0.3, -0.25) is 14.3 Å². The Labute approximate surface area is 178 Å². The van der Waals surface area contributed by atoms with Crippen LogP contribution in [-0.2, 0) is 10.2 Å². The Bertz CT molecular complexity index is 1270. The summed E-state index contributed by atoms with van der Waals surface area (Å²) in [5.74, 6) is 0.175. The van der Waals surface area contributed by atoms with E-state index in [-0.39, 0.29) is 28.8 Å². The van der Waals surface area contributed by atoms with E-state index in [9.17, 15) is 18.0 Å². The van der Waals surface area contributed by atoms with Gasteiger partial charge in [0, 0.05) is 36.3 Å². The van der Waals surface area contributed by atoms with Crippen LogP contribution in [0.15, 0.2) is 45.7 Å². The Hall–Kier alpha value is -3.34. The number of piperidine rings is 1. The van der Waals surface area contributed by atoms with Crippen LogP contribution in [0.3, 0.4) is 0 Å². The molecule has 2 aliphatic heterocycles. The van der Waals surface area contributed by atoms with Crippen molar-refractivity contribution in [3.63, 3.8) is 0 Å². The third-order valence-corrected chi connectivity index (χ3v) is 6.96. The molecule has 11 heteroatoms. The number of carbonyl (C=O) groups excluding carboxylic acids is 1. The van der Waals surface area contributed by atoms with Crippen molar-refractivity contribution < 1.29 is 17.9 Å². The number of nitrogens with one attached hydrogen (secondary N) is 2. The fourth-order valence-corrected chi connectivity index (χ4v) is 5.31. The number of nitrogens with two attached hydrogens (primary N) is 1. The number of amides is 1. The third-order valence-electron chi connectivity index (χ3n) is 6.04. The van der Waals surface area contributed by atoms with Crippen molar-refractivity contribution in [3.05, 3.63) is 58.0 Å². The van der Waals surface area contributed by atoms with Crippen LogP contribution in [0.5, 0.6) is 5.75 Å². The average molecular weight is 443 g/mol. The lowest BCUT2D eigenvalue weighted by Gasteiger charge is -2.33. The van der Waals surface area contributed by atoms with Gasteiger partial charge in [-0.15, -0.1) is 4.40 Å². The number of fused-ring (bicyclic) bond motifs is 1. The van der Waals surface area contributed by atoms with Crippen LogP contribution in [0.25, 0.3) is 0 Å². The molecule has 4 N–H and O–H groups in total. The molecular formula is C20H21N5O5S. The zero-order valence-electron chi connectivity index (χ0n) is 16.5. The van der Waals surface area contributed by atoms with E-state index >= 15 is 0 Å². The molecule has 1 aromatic heterocycles. The van der Waals surface area contributed by atoms with Crippen LogP contribution in [0.1, 0.15) is 35.2 Å². The fraction of sp³-hybridized carbons (Fsp3) is 0.350. The Kier molecular flexibility index (Phi) is 4.33. The van der Waals surface area contributed by atoms with Gasteiger partial charge in [-0.2, -0.15) is 8.42 Å². The minimum Gasteiger partial charge on any atom is -0.489 e. The summed E-state index contributed by atoms with van der Waals surface area (Å²) in [5.41, 5.74) is 6.54. The number of rotatable bonds is 3. The van der Waals surface area contributed by atoms with Crippen molar-refractivity contribution in [1.29, 1.82) is 0 Å². The molecule has 1 aromatic carbocycles. The maximum Gasteiger partial charge on any atom is 0.344 e. The Balaban J connectivity index is 1.34. The minimum atomic E-state index is -3.86. The van der Waals surface area contributed by atoms with Crippen molar-refractivity contribution in [2.24, 2.45) is 15.5 Å². The number of ether oxygens (including phenoxy) is 1. The fourth-order valence-electron chi connectivity index (χ4n) is 4.47. The summed E-state index contributed by atoms with van der Waals surface area (Å²) in [6.07, 6.45) is 3.88. The molecule has 1 amide bonds. The molecule has 10 nitrogen and oxygen atoms in total. The van der Waals surface area contributed by atoms with Crippen LogP contribution < -0.4 is 20.8 Å². The standard InChI is InChI=1S/C20H21N5O5S/c21-18-17-13(23-31(28,29)24-18)3-1-4-14(17)30-15-10-20(15)6-2-8-25(11-20)19(27)12-5-7-22-16(26)9-12/h1,3-5,7,9,15,23H,2,6,8,10-11H2,(H2,21,24)(H,22,26)/t15-,20?/m1/s1. The van der Waals surface area contributed by atoms with Crippen LogP contribution in [0, 0.1) is 5.41 Å². The number of nitrogens with zero attached hydrogens (tertiary/aromatic N) is 2. The molecule has 162 valence electrons. The van der Waals surface area contributed by atoms with Crippen molar-refractivity contribution in [2.45, 2.75) is 25.4 Å². The number of aromatic nitrogens is 1. The molecule has 1 saturated heterocycles. The van der Waals surface area contributed by atoms with Gasteiger partial charge in [0.15, 0.2) is 5.84 Å². The summed E-state index contributed by atoms with van der Waals surface area (Å²) >= 11 is 0. The summed E-state index contributed by atoms with van der Waals surface area (Å²) in [7, 11) is -3.86. The normalized spacial score (nSPS) is 25.9. The molecule has 0 radical (unpaired) electrons. The SMILES string of the molecule is NC1=NS(=O)(=O)Nc2cccc(O[C@@H]3CC34CCCN(C(=O)c3cc[nH]c(=O)c3)C4)c21. The van der Waals surface area contributed by atoms with Crippen LogP contribution in [0.2, 0.25) is 0 Å². The number of hydrogen-bond acceptors (Lipinski definition) is 6. The molecule has 0 bridgehead atoms. The summed E-state index contributed by atoms with van der Waals surface area (Å²) in [5, 5.41) is 0. The predicted octanol–water partition coefficient (Wildman–Crippen LogP) is 0.824. The van der Waals surface area contributed by atoms with E-state index in [1.165, 1.54) is 12.3 Å². The van der Waals surface area contributed by atoms with E-state index in [1.807, 2.05) is 0 Å². The monoisotopic (exact) mass is 443 g/mol. The maximum atomic E-state index is 12.9. The van der Waals surface area contributed by atoms with Gasteiger partial charge in [-0.05, 0) is 37.5 Å². The molecule has 1 saturated carbocycles. The highest BCUT2D eigenvalue weighted by molar-refractivity contribution is 7.91. The van der Waals surface area contributed by atoms with E-state index in [4.69, 9.17) is 10.5 Å². The van der Waals surface area contributed by atoms with Gasteiger partial charge in [0.1, 0.15) is 11.9 Å². The molecule has 2 aromatic rings. The average Bonchev–Trinajstić information content (AvgIpc) is 3.36.